The number of nitrogens with zero attached hydrogens (tertiary/aromatic N) is 3. The molecule has 1 aliphatic rings. The quantitative estimate of drug-likeness (QED) is 0.472. The summed E-state index contributed by atoms with van der Waals surface area (Å²) in [6.07, 6.45) is 1.71. The third kappa shape index (κ3) is 3.82. The monoisotopic (exact) mass is 391 g/mol. The number of carbonyl (C=O) groups excluding carboxylic acids is 1. The number of hydrogen-bond donors (Lipinski definition) is 0. The molecule has 3 aromatic carbocycles. The highest BCUT2D eigenvalue weighted by Gasteiger charge is 2.35. The van der Waals surface area contributed by atoms with Gasteiger partial charge in [0, 0.05) is 5.56 Å². The highest BCUT2D eigenvalue weighted by atomic mass is 32.2. The molecule has 3 aromatic rings. The van der Waals surface area contributed by atoms with E-state index in [1.54, 1.807) is 23.2 Å². The third-order valence-electron chi connectivity index (χ3n) is 4.54. The molecule has 0 bridgehead atoms. The number of fused-ring (bicyclic) bond motifs is 1. The normalized spacial score (nSPS) is 18.6. The van der Waals surface area contributed by atoms with Gasteiger partial charge in [-0.1, -0.05) is 66.4 Å². The number of amides is 1. The average Bonchev–Trinajstić information content (AvgIpc) is 2.97. The van der Waals surface area contributed by atoms with E-state index in [9.17, 15) is 9.18 Å². The van der Waals surface area contributed by atoms with Gasteiger partial charge in [0.2, 0.25) is 5.91 Å². The molecule has 0 spiro atoms. The molecule has 0 N–H and O–H groups in total. The Morgan fingerprint density at radius 1 is 1.07 bits per heavy atom. The van der Waals surface area contributed by atoms with Crippen LogP contribution < -0.4 is 0 Å². The smallest absolute Gasteiger partial charge is 0.242 e. The maximum absolute atomic E-state index is 13.1. The van der Waals surface area contributed by atoms with Gasteiger partial charge in [-0.25, -0.2) is 4.39 Å². The zero-order valence-corrected chi connectivity index (χ0v) is 16.1. The molecular formula is C22H18FN3OS. The largest absolute Gasteiger partial charge is 0.284 e. The first-order chi connectivity index (χ1) is 13.6. The molecule has 140 valence electrons. The molecule has 1 unspecified atom stereocenters. The van der Waals surface area contributed by atoms with E-state index in [4.69, 9.17) is 0 Å². The molecule has 28 heavy (non-hydrogen) atoms. The van der Waals surface area contributed by atoms with E-state index in [1.807, 2.05) is 37.3 Å². The van der Waals surface area contributed by atoms with E-state index < -0.39 is 0 Å². The van der Waals surface area contributed by atoms with Crippen molar-refractivity contribution in [2.24, 2.45) is 10.2 Å². The van der Waals surface area contributed by atoms with Gasteiger partial charge in [0.15, 0.2) is 5.17 Å². The van der Waals surface area contributed by atoms with Crippen molar-refractivity contribution in [3.05, 3.63) is 83.7 Å². The van der Waals surface area contributed by atoms with E-state index in [0.717, 1.165) is 21.9 Å². The second-order valence-corrected chi connectivity index (χ2v) is 7.81. The Balaban J connectivity index is 1.58. The molecule has 0 saturated carbocycles. The summed E-state index contributed by atoms with van der Waals surface area (Å²) in [6, 6.07) is 20.2. The van der Waals surface area contributed by atoms with Crippen molar-refractivity contribution in [3.8, 4) is 0 Å². The molecule has 0 radical (unpaired) electrons. The highest BCUT2D eigenvalue weighted by molar-refractivity contribution is 8.15. The van der Waals surface area contributed by atoms with Crippen LogP contribution in [0.15, 0.2) is 76.9 Å². The first-order valence-electron chi connectivity index (χ1n) is 8.93. The van der Waals surface area contributed by atoms with Gasteiger partial charge in [0.05, 0.1) is 18.0 Å². The SMILES string of the molecule is CC1S/C(=N\N=C\c2cccc3ccccc23)N(Cc2ccc(F)cc2)C1=O. The topological polar surface area (TPSA) is 45.0 Å². The van der Waals surface area contributed by atoms with Crippen LogP contribution in [0.2, 0.25) is 0 Å². The van der Waals surface area contributed by atoms with Gasteiger partial charge in [-0.3, -0.25) is 9.69 Å². The summed E-state index contributed by atoms with van der Waals surface area (Å²) in [5.74, 6) is -0.318. The molecule has 4 nitrogen and oxygen atoms in total. The number of rotatable bonds is 4. The molecule has 0 aliphatic carbocycles. The molecule has 1 heterocycles. The molecule has 1 atom stereocenters. The van der Waals surface area contributed by atoms with Gasteiger partial charge in [-0.15, -0.1) is 5.10 Å². The number of halogens is 1. The highest BCUT2D eigenvalue weighted by Crippen LogP contribution is 2.28. The fraction of sp³-hybridized carbons (Fsp3) is 0.136. The third-order valence-corrected chi connectivity index (χ3v) is 5.61. The summed E-state index contributed by atoms with van der Waals surface area (Å²) < 4.78 is 13.1. The van der Waals surface area contributed by atoms with E-state index in [2.05, 4.69) is 22.3 Å². The fourth-order valence-electron chi connectivity index (χ4n) is 3.08. The minimum absolute atomic E-state index is 0.0200. The van der Waals surface area contributed by atoms with E-state index in [0.29, 0.717) is 11.7 Å². The second-order valence-electron chi connectivity index (χ2n) is 6.51. The maximum atomic E-state index is 13.1. The summed E-state index contributed by atoms with van der Waals surface area (Å²) in [6.45, 7) is 2.20. The second kappa shape index (κ2) is 7.94. The lowest BCUT2D eigenvalue weighted by Gasteiger charge is -2.15. The van der Waals surface area contributed by atoms with Crippen molar-refractivity contribution in [2.45, 2.75) is 18.7 Å². The standard InChI is InChI=1S/C22H18FN3OS/c1-15-21(27)26(14-16-9-11-19(23)12-10-16)22(28-15)25-24-13-18-7-4-6-17-5-2-3-8-20(17)18/h2-13,15H,14H2,1H3/b24-13+,25-22-. The van der Waals surface area contributed by atoms with Crippen molar-refractivity contribution in [2.75, 3.05) is 0 Å². The van der Waals surface area contributed by atoms with Crippen molar-refractivity contribution >= 4 is 39.8 Å². The van der Waals surface area contributed by atoms with Gasteiger partial charge >= 0.3 is 0 Å². The van der Waals surface area contributed by atoms with Crippen LogP contribution in [-0.2, 0) is 11.3 Å². The Morgan fingerprint density at radius 2 is 1.82 bits per heavy atom. The van der Waals surface area contributed by atoms with Crippen LogP contribution >= 0.6 is 11.8 Å². The Kier molecular flexibility index (Phi) is 5.21. The number of amidine groups is 1. The van der Waals surface area contributed by atoms with Crippen LogP contribution in [0.3, 0.4) is 0 Å². The Bertz CT molecular complexity index is 1070. The van der Waals surface area contributed by atoms with E-state index in [-0.39, 0.29) is 17.0 Å². The summed E-state index contributed by atoms with van der Waals surface area (Å²) in [5.41, 5.74) is 1.81. The Hall–Kier alpha value is -2.99. The molecule has 0 aromatic heterocycles. The molecule has 4 rings (SSSR count). The van der Waals surface area contributed by atoms with Crippen molar-refractivity contribution in [1.82, 2.24) is 4.90 Å². The first kappa shape index (κ1) is 18.4. The number of thioether (sulfide) groups is 1. The van der Waals surface area contributed by atoms with Gasteiger partial charge < -0.3 is 0 Å². The van der Waals surface area contributed by atoms with Crippen LogP contribution in [-0.4, -0.2) is 27.4 Å². The van der Waals surface area contributed by atoms with Crippen LogP contribution in [0, 0.1) is 5.82 Å². The summed E-state index contributed by atoms with van der Waals surface area (Å²) in [4.78, 5) is 14.1. The average molecular weight is 391 g/mol. The van der Waals surface area contributed by atoms with Crippen molar-refractivity contribution < 1.29 is 9.18 Å². The molecule has 6 heteroatoms. The summed E-state index contributed by atoms with van der Waals surface area (Å²) >= 11 is 1.38. The Morgan fingerprint density at radius 3 is 2.64 bits per heavy atom. The van der Waals surface area contributed by atoms with E-state index >= 15 is 0 Å². The lowest BCUT2D eigenvalue weighted by atomic mass is 10.1. The van der Waals surface area contributed by atoms with Crippen molar-refractivity contribution in [3.63, 3.8) is 0 Å². The van der Waals surface area contributed by atoms with Crippen LogP contribution in [0.1, 0.15) is 18.1 Å². The van der Waals surface area contributed by atoms with E-state index in [1.165, 1.54) is 23.9 Å². The van der Waals surface area contributed by atoms with Gasteiger partial charge in [0.25, 0.3) is 0 Å². The fourth-order valence-corrected chi connectivity index (χ4v) is 4.01. The number of hydrogen-bond acceptors (Lipinski definition) is 4. The molecule has 1 aliphatic heterocycles. The first-order valence-corrected chi connectivity index (χ1v) is 9.81. The molecular weight excluding hydrogens is 373 g/mol. The van der Waals surface area contributed by atoms with Gasteiger partial charge in [-0.05, 0) is 35.4 Å². The summed E-state index contributed by atoms with van der Waals surface area (Å²) in [5, 5.41) is 11.1. The van der Waals surface area contributed by atoms with Crippen LogP contribution in [0.25, 0.3) is 10.8 Å². The lowest BCUT2D eigenvalue weighted by Crippen LogP contribution is -2.30. The molecule has 1 amide bonds. The van der Waals surface area contributed by atoms with Gasteiger partial charge in [-0.2, -0.15) is 5.10 Å². The lowest BCUT2D eigenvalue weighted by molar-refractivity contribution is -0.126. The minimum Gasteiger partial charge on any atom is -0.284 e. The molecule has 1 saturated heterocycles. The molecule has 1 fully saturated rings. The predicted octanol–water partition coefficient (Wildman–Crippen LogP) is 4.83. The number of carbonyl (C=O) groups is 1. The minimum atomic E-state index is -0.298. The zero-order chi connectivity index (χ0) is 19.5. The number of benzene rings is 3. The van der Waals surface area contributed by atoms with Crippen molar-refractivity contribution in [1.29, 1.82) is 0 Å². The Labute approximate surface area is 166 Å². The maximum Gasteiger partial charge on any atom is 0.242 e. The summed E-state index contributed by atoms with van der Waals surface area (Å²) in [7, 11) is 0. The van der Waals surface area contributed by atoms with Crippen LogP contribution in [0.5, 0.6) is 0 Å². The van der Waals surface area contributed by atoms with Crippen LogP contribution in [0.4, 0.5) is 4.39 Å². The predicted molar refractivity (Wildman–Crippen MR) is 113 cm³/mol. The van der Waals surface area contributed by atoms with Gasteiger partial charge in [0.1, 0.15) is 5.82 Å². The zero-order valence-electron chi connectivity index (χ0n) is 15.2.